The fraction of sp³-hybridized carbons (Fsp3) is 0.526. The normalized spacial score (nSPS) is 19.9. The minimum atomic E-state index is -0.0934. The van der Waals surface area contributed by atoms with Crippen molar-refractivity contribution >= 4 is 5.82 Å². The van der Waals surface area contributed by atoms with Crippen LogP contribution in [0.2, 0.25) is 0 Å². The summed E-state index contributed by atoms with van der Waals surface area (Å²) in [6.45, 7) is 8.29. The number of hydrogen-bond donors (Lipinski definition) is 2. The Morgan fingerprint density at radius 1 is 1.29 bits per heavy atom. The average molecular weight is 326 g/mol. The number of aryl methyl sites for hydroxylation is 1. The number of H-pyrrole nitrogens is 1. The molecular formula is C19H26N4O. The van der Waals surface area contributed by atoms with E-state index in [1.165, 1.54) is 25.7 Å². The van der Waals surface area contributed by atoms with Gasteiger partial charge in [0, 0.05) is 29.1 Å². The summed E-state index contributed by atoms with van der Waals surface area (Å²) in [4.78, 5) is 23.7. The molecule has 1 fully saturated rings. The van der Waals surface area contributed by atoms with Gasteiger partial charge in [-0.2, -0.15) is 0 Å². The van der Waals surface area contributed by atoms with Crippen LogP contribution in [0.5, 0.6) is 0 Å². The Hall–Kier alpha value is -2.17. The molecule has 1 saturated carbocycles. The molecule has 0 aliphatic heterocycles. The van der Waals surface area contributed by atoms with Crippen molar-refractivity contribution in [1.29, 1.82) is 0 Å². The number of hydrogen-bond acceptors (Lipinski definition) is 4. The lowest BCUT2D eigenvalue weighted by Crippen LogP contribution is -2.31. The molecule has 1 atom stereocenters. The molecule has 0 radical (unpaired) electrons. The third-order valence-corrected chi connectivity index (χ3v) is 4.99. The molecule has 2 heterocycles. The molecule has 2 N–H and O–H groups in total. The number of nitrogens with one attached hydrogen (secondary N) is 2. The molecule has 3 rings (SSSR count). The largest absolute Gasteiger partial charge is 0.367 e. The first-order valence-corrected chi connectivity index (χ1v) is 8.64. The van der Waals surface area contributed by atoms with E-state index < -0.39 is 0 Å². The minimum Gasteiger partial charge on any atom is -0.367 e. The molecule has 128 valence electrons. The van der Waals surface area contributed by atoms with Gasteiger partial charge >= 0.3 is 0 Å². The highest BCUT2D eigenvalue weighted by molar-refractivity contribution is 5.56. The predicted molar refractivity (Wildman–Crippen MR) is 97.2 cm³/mol. The maximum atomic E-state index is 11.9. The van der Waals surface area contributed by atoms with E-state index in [1.54, 1.807) is 13.1 Å². The fourth-order valence-corrected chi connectivity index (χ4v) is 3.43. The van der Waals surface area contributed by atoms with E-state index in [1.807, 2.05) is 19.1 Å². The van der Waals surface area contributed by atoms with E-state index in [-0.39, 0.29) is 5.56 Å². The standard InChI is InChI=1S/C19H26N4O/c1-12-13(2)21-17(23-18(12)24)14-7-8-16(20-11-14)22-15-6-5-9-19(3,4)10-15/h7-8,11,15H,5-6,9-10H2,1-4H3,(H,20,22)(H,21,23,24). The molecule has 0 amide bonds. The molecule has 1 unspecified atom stereocenters. The molecule has 5 nitrogen and oxygen atoms in total. The van der Waals surface area contributed by atoms with E-state index in [0.717, 1.165) is 17.1 Å². The molecular weight excluding hydrogens is 300 g/mol. The summed E-state index contributed by atoms with van der Waals surface area (Å²) in [5, 5.41) is 3.54. The van der Waals surface area contributed by atoms with Crippen molar-refractivity contribution in [2.45, 2.75) is 59.4 Å². The lowest BCUT2D eigenvalue weighted by Gasteiger charge is -2.35. The Balaban J connectivity index is 1.75. The maximum absolute atomic E-state index is 11.9. The minimum absolute atomic E-state index is 0.0934. The smallest absolute Gasteiger partial charge is 0.254 e. The molecule has 0 saturated heterocycles. The number of nitrogens with zero attached hydrogens (tertiary/aromatic N) is 2. The van der Waals surface area contributed by atoms with Crippen LogP contribution in [0.3, 0.4) is 0 Å². The second kappa shape index (κ2) is 6.38. The highest BCUT2D eigenvalue weighted by Crippen LogP contribution is 2.36. The van der Waals surface area contributed by atoms with E-state index in [0.29, 0.717) is 22.8 Å². The molecule has 1 aliphatic carbocycles. The van der Waals surface area contributed by atoms with Gasteiger partial charge in [0.1, 0.15) is 11.6 Å². The van der Waals surface area contributed by atoms with Crippen LogP contribution in [0.1, 0.15) is 50.8 Å². The van der Waals surface area contributed by atoms with Gasteiger partial charge in [0.15, 0.2) is 0 Å². The Morgan fingerprint density at radius 3 is 2.71 bits per heavy atom. The Morgan fingerprint density at radius 2 is 2.08 bits per heavy atom. The van der Waals surface area contributed by atoms with Crippen molar-refractivity contribution < 1.29 is 0 Å². The number of anilines is 1. The molecule has 24 heavy (non-hydrogen) atoms. The van der Waals surface area contributed by atoms with Crippen molar-refractivity contribution in [2.24, 2.45) is 5.41 Å². The summed E-state index contributed by atoms with van der Waals surface area (Å²) in [5.41, 5.74) is 2.54. The van der Waals surface area contributed by atoms with Gasteiger partial charge < -0.3 is 10.3 Å². The van der Waals surface area contributed by atoms with Crippen LogP contribution in [-0.4, -0.2) is 21.0 Å². The monoisotopic (exact) mass is 326 g/mol. The zero-order valence-electron chi connectivity index (χ0n) is 14.9. The van der Waals surface area contributed by atoms with Crippen LogP contribution in [0, 0.1) is 19.3 Å². The highest BCUT2D eigenvalue weighted by Gasteiger charge is 2.27. The van der Waals surface area contributed by atoms with Crippen LogP contribution in [0.4, 0.5) is 5.82 Å². The van der Waals surface area contributed by atoms with E-state index in [4.69, 9.17) is 0 Å². The third-order valence-electron chi connectivity index (χ3n) is 4.99. The van der Waals surface area contributed by atoms with Crippen molar-refractivity contribution in [2.75, 3.05) is 5.32 Å². The van der Waals surface area contributed by atoms with Gasteiger partial charge in [-0.25, -0.2) is 9.97 Å². The van der Waals surface area contributed by atoms with E-state index >= 15 is 0 Å². The van der Waals surface area contributed by atoms with Crippen LogP contribution in [0.25, 0.3) is 11.4 Å². The van der Waals surface area contributed by atoms with Gasteiger partial charge in [-0.3, -0.25) is 4.79 Å². The van der Waals surface area contributed by atoms with Crippen LogP contribution in [0.15, 0.2) is 23.1 Å². The van der Waals surface area contributed by atoms with E-state index in [2.05, 4.69) is 34.1 Å². The lowest BCUT2D eigenvalue weighted by atomic mass is 9.75. The van der Waals surface area contributed by atoms with Crippen molar-refractivity contribution in [3.05, 3.63) is 39.9 Å². The van der Waals surface area contributed by atoms with Crippen LogP contribution >= 0.6 is 0 Å². The summed E-state index contributed by atoms with van der Waals surface area (Å²) in [7, 11) is 0. The molecule has 0 spiro atoms. The molecule has 5 heteroatoms. The molecule has 0 bridgehead atoms. The number of aromatic amines is 1. The topological polar surface area (TPSA) is 70.7 Å². The summed E-state index contributed by atoms with van der Waals surface area (Å²) in [5.74, 6) is 1.45. The summed E-state index contributed by atoms with van der Waals surface area (Å²) >= 11 is 0. The Bertz CT molecular complexity index is 777. The predicted octanol–water partition coefficient (Wildman–Crippen LogP) is 3.83. The van der Waals surface area contributed by atoms with Crippen molar-refractivity contribution in [3.8, 4) is 11.4 Å². The van der Waals surface area contributed by atoms with Gasteiger partial charge in [0.25, 0.3) is 5.56 Å². The Labute approximate surface area is 143 Å². The molecule has 1 aliphatic rings. The first-order chi connectivity index (χ1) is 11.3. The van der Waals surface area contributed by atoms with Gasteiger partial charge in [-0.15, -0.1) is 0 Å². The van der Waals surface area contributed by atoms with Gasteiger partial charge in [0.2, 0.25) is 0 Å². The van der Waals surface area contributed by atoms with Crippen LogP contribution < -0.4 is 10.9 Å². The number of aromatic nitrogens is 3. The molecule has 2 aromatic heterocycles. The zero-order valence-corrected chi connectivity index (χ0v) is 14.9. The number of pyridine rings is 1. The quantitative estimate of drug-likeness (QED) is 0.899. The lowest BCUT2D eigenvalue weighted by molar-refractivity contribution is 0.229. The second-order valence-electron chi connectivity index (χ2n) is 7.66. The first-order valence-electron chi connectivity index (χ1n) is 8.64. The second-order valence-corrected chi connectivity index (χ2v) is 7.66. The Kier molecular flexibility index (Phi) is 4.43. The van der Waals surface area contributed by atoms with Gasteiger partial charge in [-0.05, 0) is 50.7 Å². The molecule has 2 aromatic rings. The first kappa shape index (κ1) is 16.7. The number of rotatable bonds is 3. The zero-order chi connectivity index (χ0) is 17.3. The van der Waals surface area contributed by atoms with Gasteiger partial charge in [-0.1, -0.05) is 20.3 Å². The fourth-order valence-electron chi connectivity index (χ4n) is 3.43. The van der Waals surface area contributed by atoms with Crippen molar-refractivity contribution in [1.82, 2.24) is 15.0 Å². The van der Waals surface area contributed by atoms with E-state index in [9.17, 15) is 4.79 Å². The summed E-state index contributed by atoms with van der Waals surface area (Å²) in [6.07, 6.45) is 6.69. The van der Waals surface area contributed by atoms with Crippen LogP contribution in [-0.2, 0) is 0 Å². The third kappa shape index (κ3) is 3.66. The summed E-state index contributed by atoms with van der Waals surface area (Å²) in [6, 6.07) is 4.40. The molecule has 0 aromatic carbocycles. The van der Waals surface area contributed by atoms with Gasteiger partial charge in [0.05, 0.1) is 0 Å². The average Bonchev–Trinajstić information content (AvgIpc) is 2.52. The highest BCUT2D eigenvalue weighted by atomic mass is 16.1. The summed E-state index contributed by atoms with van der Waals surface area (Å²) < 4.78 is 0. The SMILES string of the molecule is Cc1nc(-c2ccc(NC3CCCC(C)(C)C3)nc2)[nH]c(=O)c1C. The maximum Gasteiger partial charge on any atom is 0.254 e. The van der Waals surface area contributed by atoms with Crippen molar-refractivity contribution in [3.63, 3.8) is 0 Å².